The molecule has 0 aliphatic rings. The molecule has 0 saturated heterocycles. The second-order valence-corrected chi connectivity index (χ2v) is 9.16. The second-order valence-electron chi connectivity index (χ2n) is 9.16. The predicted octanol–water partition coefficient (Wildman–Crippen LogP) is 3.31. The average molecular weight is 583 g/mol. The molecule has 0 amide bonds. The first-order valence-corrected chi connectivity index (χ1v) is 15.1. The Hall–Kier alpha value is -0.890. The molecule has 0 N–H and O–H groups in total. The smallest absolute Gasteiger partial charge is 0.305 e. The summed E-state index contributed by atoms with van der Waals surface area (Å²) in [5.41, 5.74) is 0. The van der Waals surface area contributed by atoms with Gasteiger partial charge in [0.1, 0.15) is 6.61 Å². The number of unbranched alkanes of at least 4 members (excludes halogenated alkanes) is 2. The first-order chi connectivity index (χ1) is 19.7. The lowest BCUT2D eigenvalue weighted by Gasteiger charge is -2.10. The minimum absolute atomic E-state index is 0.156. The highest BCUT2D eigenvalue weighted by Gasteiger charge is 2.02. The maximum atomic E-state index is 11.4. The number of hydrogen-bond acceptors (Lipinski definition) is 11. The van der Waals surface area contributed by atoms with Gasteiger partial charge < -0.3 is 47.4 Å². The highest BCUT2D eigenvalue weighted by Crippen LogP contribution is 2.01. The van der Waals surface area contributed by atoms with Gasteiger partial charge in [0.05, 0.1) is 112 Å². The molecular formula is C29H58O11. The molecule has 0 heterocycles. The van der Waals surface area contributed by atoms with E-state index >= 15 is 0 Å². The molecule has 0 spiro atoms. The van der Waals surface area contributed by atoms with Gasteiger partial charge in [-0.1, -0.05) is 40.0 Å². The average Bonchev–Trinajstić information content (AvgIpc) is 2.96. The van der Waals surface area contributed by atoms with Gasteiger partial charge in [0.2, 0.25) is 0 Å². The van der Waals surface area contributed by atoms with Crippen molar-refractivity contribution in [3.05, 3.63) is 0 Å². The predicted molar refractivity (Wildman–Crippen MR) is 152 cm³/mol. The Morgan fingerprint density at radius 3 is 1.12 bits per heavy atom. The number of esters is 1. The molecule has 0 aromatic rings. The Kier molecular flexibility index (Phi) is 33.5. The molecule has 0 fully saturated rings. The van der Waals surface area contributed by atoms with Crippen LogP contribution >= 0.6 is 0 Å². The van der Waals surface area contributed by atoms with Gasteiger partial charge in [-0.3, -0.25) is 4.79 Å². The van der Waals surface area contributed by atoms with Crippen LogP contribution in [0.15, 0.2) is 0 Å². The number of ether oxygens (including phenoxy) is 10. The molecule has 0 rings (SSSR count). The topological polar surface area (TPSA) is 109 Å². The monoisotopic (exact) mass is 582 g/mol. The minimum Gasteiger partial charge on any atom is -0.463 e. The van der Waals surface area contributed by atoms with Crippen molar-refractivity contribution in [3.8, 4) is 0 Å². The Balaban J connectivity index is 3.08. The van der Waals surface area contributed by atoms with E-state index in [1.54, 1.807) is 0 Å². The summed E-state index contributed by atoms with van der Waals surface area (Å²) < 4.78 is 54.2. The van der Waals surface area contributed by atoms with Crippen molar-refractivity contribution in [2.75, 3.05) is 126 Å². The zero-order valence-corrected chi connectivity index (χ0v) is 25.5. The Bertz CT molecular complexity index is 497. The fourth-order valence-corrected chi connectivity index (χ4v) is 2.97. The van der Waals surface area contributed by atoms with E-state index in [9.17, 15) is 4.79 Å². The quantitative estimate of drug-likeness (QED) is 0.0823. The first-order valence-electron chi connectivity index (χ1n) is 15.1. The summed E-state index contributed by atoms with van der Waals surface area (Å²) in [5.74, 6) is 0.442. The standard InChI is InChI=1S/C29H58O11/c1-4-6-7-8-29(30)40-26-25-38-22-21-36-18-17-34-14-13-32-10-9-31-11-12-33-15-16-35-19-20-37-23-24-39-27-28(3)5-2/h28H,4-27H2,1-3H3. The van der Waals surface area contributed by atoms with E-state index in [4.69, 9.17) is 47.4 Å². The van der Waals surface area contributed by atoms with Gasteiger partial charge in [-0.25, -0.2) is 0 Å². The third-order valence-electron chi connectivity index (χ3n) is 5.55. The number of rotatable bonds is 34. The van der Waals surface area contributed by atoms with Gasteiger partial charge in [0.15, 0.2) is 0 Å². The van der Waals surface area contributed by atoms with E-state index in [0.29, 0.717) is 125 Å². The summed E-state index contributed by atoms with van der Waals surface area (Å²) in [4.78, 5) is 11.4. The van der Waals surface area contributed by atoms with E-state index < -0.39 is 0 Å². The van der Waals surface area contributed by atoms with E-state index in [2.05, 4.69) is 20.8 Å². The lowest BCUT2D eigenvalue weighted by molar-refractivity contribution is -0.145. The Morgan fingerprint density at radius 2 is 0.800 bits per heavy atom. The molecule has 0 bridgehead atoms. The normalized spacial score (nSPS) is 12.2. The molecule has 0 aliphatic carbocycles. The van der Waals surface area contributed by atoms with Gasteiger partial charge >= 0.3 is 5.97 Å². The summed E-state index contributed by atoms with van der Waals surface area (Å²) >= 11 is 0. The van der Waals surface area contributed by atoms with Gasteiger partial charge in [-0.05, 0) is 12.3 Å². The molecule has 240 valence electrons. The minimum atomic E-state index is -0.156. The van der Waals surface area contributed by atoms with E-state index in [-0.39, 0.29) is 12.6 Å². The maximum Gasteiger partial charge on any atom is 0.305 e. The van der Waals surface area contributed by atoms with Crippen LogP contribution in [0.4, 0.5) is 0 Å². The summed E-state index contributed by atoms with van der Waals surface area (Å²) in [5, 5.41) is 0. The summed E-state index contributed by atoms with van der Waals surface area (Å²) in [7, 11) is 0. The zero-order valence-electron chi connectivity index (χ0n) is 25.5. The van der Waals surface area contributed by atoms with Crippen LogP contribution in [0, 0.1) is 5.92 Å². The third kappa shape index (κ3) is 33.3. The van der Waals surface area contributed by atoms with Crippen LogP contribution < -0.4 is 0 Å². The molecule has 0 aromatic carbocycles. The SMILES string of the molecule is CCCCCC(=O)OCCOCCOCCOCCOCCOCCOCCOCCOCCOCC(C)CC. The molecule has 0 radical (unpaired) electrons. The Morgan fingerprint density at radius 1 is 0.475 bits per heavy atom. The van der Waals surface area contributed by atoms with Gasteiger partial charge in [-0.2, -0.15) is 0 Å². The molecule has 11 nitrogen and oxygen atoms in total. The van der Waals surface area contributed by atoms with E-state index in [0.717, 1.165) is 32.3 Å². The number of carbonyl (C=O) groups excluding carboxylic acids is 1. The molecule has 0 aliphatic heterocycles. The third-order valence-corrected chi connectivity index (χ3v) is 5.55. The van der Waals surface area contributed by atoms with E-state index in [1.165, 1.54) is 0 Å². The number of hydrogen-bond donors (Lipinski definition) is 0. The van der Waals surface area contributed by atoms with Gasteiger partial charge in [-0.15, -0.1) is 0 Å². The van der Waals surface area contributed by atoms with Crippen molar-refractivity contribution >= 4 is 5.97 Å². The fraction of sp³-hybridized carbons (Fsp3) is 0.966. The molecular weight excluding hydrogens is 524 g/mol. The first kappa shape index (κ1) is 39.1. The van der Waals surface area contributed by atoms with Gasteiger partial charge in [0, 0.05) is 13.0 Å². The van der Waals surface area contributed by atoms with E-state index in [1.807, 2.05) is 0 Å². The molecule has 1 unspecified atom stereocenters. The zero-order chi connectivity index (χ0) is 29.2. The lowest BCUT2D eigenvalue weighted by atomic mass is 10.1. The van der Waals surface area contributed by atoms with Crippen LogP contribution in [0.25, 0.3) is 0 Å². The van der Waals surface area contributed by atoms with Crippen LogP contribution in [0.5, 0.6) is 0 Å². The van der Waals surface area contributed by atoms with Crippen molar-refractivity contribution in [2.24, 2.45) is 5.92 Å². The fourth-order valence-electron chi connectivity index (χ4n) is 2.97. The highest BCUT2D eigenvalue weighted by molar-refractivity contribution is 5.69. The molecule has 1 atom stereocenters. The van der Waals surface area contributed by atoms with Crippen LogP contribution in [0.1, 0.15) is 52.9 Å². The molecule has 11 heteroatoms. The van der Waals surface area contributed by atoms with Crippen molar-refractivity contribution in [3.63, 3.8) is 0 Å². The number of carbonyl (C=O) groups is 1. The summed E-state index contributed by atoms with van der Waals surface area (Å²) in [6, 6.07) is 0. The van der Waals surface area contributed by atoms with Crippen LogP contribution in [-0.2, 0) is 52.2 Å². The summed E-state index contributed by atoms with van der Waals surface area (Å²) in [6.07, 6.45) is 4.64. The summed E-state index contributed by atoms with van der Waals surface area (Å²) in [6.45, 7) is 16.3. The van der Waals surface area contributed by atoms with Crippen LogP contribution in [0.3, 0.4) is 0 Å². The second kappa shape index (κ2) is 34.3. The molecule has 0 saturated carbocycles. The molecule has 40 heavy (non-hydrogen) atoms. The lowest BCUT2D eigenvalue weighted by Crippen LogP contribution is -2.15. The maximum absolute atomic E-state index is 11.4. The van der Waals surface area contributed by atoms with Crippen molar-refractivity contribution < 1.29 is 52.2 Å². The highest BCUT2D eigenvalue weighted by atomic mass is 16.6. The van der Waals surface area contributed by atoms with Gasteiger partial charge in [0.25, 0.3) is 0 Å². The Labute approximate surface area is 242 Å². The van der Waals surface area contributed by atoms with Crippen LogP contribution in [-0.4, -0.2) is 132 Å². The largest absolute Gasteiger partial charge is 0.463 e. The van der Waals surface area contributed by atoms with Crippen molar-refractivity contribution in [1.29, 1.82) is 0 Å². The molecule has 0 aromatic heterocycles. The van der Waals surface area contributed by atoms with Crippen molar-refractivity contribution in [1.82, 2.24) is 0 Å². The van der Waals surface area contributed by atoms with Crippen LogP contribution in [0.2, 0.25) is 0 Å². The van der Waals surface area contributed by atoms with Crippen molar-refractivity contribution in [2.45, 2.75) is 52.9 Å².